The monoisotopic (exact) mass is 413 g/mol. The van der Waals surface area contributed by atoms with Crippen LogP contribution in [0.2, 0.25) is 0 Å². The van der Waals surface area contributed by atoms with Gasteiger partial charge >= 0.3 is 6.18 Å². The molecule has 152 valence electrons. The van der Waals surface area contributed by atoms with Crippen molar-refractivity contribution in [3.63, 3.8) is 0 Å². The average Bonchev–Trinajstić information content (AvgIpc) is 3.07. The van der Waals surface area contributed by atoms with Crippen molar-refractivity contribution in [1.82, 2.24) is 20.5 Å². The molecule has 0 fully saturated rings. The van der Waals surface area contributed by atoms with Crippen LogP contribution in [0.3, 0.4) is 0 Å². The molecule has 2 aromatic rings. The zero-order valence-electron chi connectivity index (χ0n) is 15.8. The summed E-state index contributed by atoms with van der Waals surface area (Å²) in [6.07, 6.45) is -4.34. The number of aryl methyl sites for hydroxylation is 1. The zero-order chi connectivity index (χ0) is 20.7. The number of aromatic nitrogens is 1. The summed E-state index contributed by atoms with van der Waals surface area (Å²) < 4.78 is 37.9. The number of nitrogens with zero attached hydrogens (tertiary/aromatic N) is 3. The molecule has 0 radical (unpaired) electrons. The number of rotatable bonds is 6. The van der Waals surface area contributed by atoms with Gasteiger partial charge in [0, 0.05) is 33.7 Å². The molecule has 0 aliphatic carbocycles. The van der Waals surface area contributed by atoms with Crippen LogP contribution < -0.4 is 10.6 Å². The minimum absolute atomic E-state index is 0.171. The Bertz CT molecular complexity index is 817. The molecule has 6 nitrogen and oxygen atoms in total. The Hall–Kier alpha value is -2.62. The first kappa shape index (κ1) is 21.7. The lowest BCUT2D eigenvalue weighted by Gasteiger charge is -2.22. The van der Waals surface area contributed by atoms with Crippen LogP contribution in [0, 0.1) is 6.92 Å². The summed E-state index contributed by atoms with van der Waals surface area (Å²) in [5.41, 5.74) is 2.38. The number of nitrogens with one attached hydrogen (secondary N) is 2. The lowest BCUT2D eigenvalue weighted by atomic mass is 10.1. The number of benzene rings is 1. The molecule has 0 saturated carbocycles. The molecule has 0 aliphatic rings. The predicted molar refractivity (Wildman–Crippen MR) is 103 cm³/mol. The number of carbonyl (C=O) groups excluding carboxylic acids is 1. The zero-order valence-corrected chi connectivity index (χ0v) is 16.6. The summed E-state index contributed by atoms with van der Waals surface area (Å²) >= 11 is 1.29. The van der Waals surface area contributed by atoms with E-state index in [-0.39, 0.29) is 5.91 Å². The first-order valence-corrected chi connectivity index (χ1v) is 9.36. The van der Waals surface area contributed by atoms with Crippen molar-refractivity contribution in [2.45, 2.75) is 19.6 Å². The number of thiazole rings is 1. The molecule has 1 amide bonds. The van der Waals surface area contributed by atoms with Gasteiger partial charge in [0.05, 0.1) is 16.8 Å². The van der Waals surface area contributed by atoms with E-state index in [0.717, 1.165) is 17.7 Å². The lowest BCUT2D eigenvalue weighted by molar-refractivity contribution is -0.137. The molecular weight excluding hydrogens is 391 g/mol. The summed E-state index contributed by atoms with van der Waals surface area (Å²) in [6, 6.07) is 5.03. The Morgan fingerprint density at radius 1 is 1.21 bits per heavy atom. The molecule has 0 bridgehead atoms. The van der Waals surface area contributed by atoms with Crippen molar-refractivity contribution in [1.29, 1.82) is 0 Å². The highest BCUT2D eigenvalue weighted by molar-refractivity contribution is 7.11. The summed E-state index contributed by atoms with van der Waals surface area (Å²) in [5, 5.41) is 5.91. The molecule has 1 aromatic heterocycles. The second-order valence-electron chi connectivity index (χ2n) is 6.05. The van der Waals surface area contributed by atoms with Gasteiger partial charge in [-0.2, -0.15) is 13.2 Å². The van der Waals surface area contributed by atoms with E-state index in [1.54, 1.807) is 31.4 Å². The van der Waals surface area contributed by atoms with E-state index in [1.807, 2.05) is 0 Å². The summed E-state index contributed by atoms with van der Waals surface area (Å²) in [4.78, 5) is 22.6. The van der Waals surface area contributed by atoms with Crippen LogP contribution in [0.1, 0.15) is 26.5 Å². The largest absolute Gasteiger partial charge is 0.416 e. The van der Waals surface area contributed by atoms with E-state index < -0.39 is 11.7 Å². The predicted octanol–water partition coefficient (Wildman–Crippen LogP) is 2.91. The molecule has 0 atom stereocenters. The van der Waals surface area contributed by atoms with Crippen molar-refractivity contribution in [2.24, 2.45) is 4.99 Å². The minimum atomic E-state index is -4.34. The van der Waals surface area contributed by atoms with Crippen molar-refractivity contribution in [2.75, 3.05) is 27.2 Å². The quantitative estimate of drug-likeness (QED) is 0.434. The molecule has 1 aromatic carbocycles. The Morgan fingerprint density at radius 3 is 2.39 bits per heavy atom. The molecular formula is C18H22F3N5OS. The summed E-state index contributed by atoms with van der Waals surface area (Å²) in [7, 11) is 3.40. The van der Waals surface area contributed by atoms with Crippen LogP contribution >= 0.6 is 11.3 Å². The number of hydrogen-bond acceptors (Lipinski definition) is 4. The normalized spacial score (nSPS) is 12.0. The van der Waals surface area contributed by atoms with Gasteiger partial charge in [-0.3, -0.25) is 9.79 Å². The maximum absolute atomic E-state index is 12.6. The summed E-state index contributed by atoms with van der Waals surface area (Å²) in [5.74, 6) is 0.401. The second kappa shape index (κ2) is 9.54. The Morgan fingerprint density at radius 2 is 1.86 bits per heavy atom. The van der Waals surface area contributed by atoms with Gasteiger partial charge in [0.25, 0.3) is 5.91 Å². The van der Waals surface area contributed by atoms with Crippen LogP contribution in [0.25, 0.3) is 0 Å². The molecule has 1 heterocycles. The summed E-state index contributed by atoms with van der Waals surface area (Å²) in [6.45, 7) is 3.02. The highest BCUT2D eigenvalue weighted by Crippen LogP contribution is 2.29. The van der Waals surface area contributed by atoms with Gasteiger partial charge < -0.3 is 15.5 Å². The van der Waals surface area contributed by atoms with E-state index in [0.29, 0.717) is 36.2 Å². The van der Waals surface area contributed by atoms with Crippen LogP contribution in [0.4, 0.5) is 13.2 Å². The third kappa shape index (κ3) is 5.95. The molecule has 0 unspecified atom stereocenters. The topological polar surface area (TPSA) is 69.6 Å². The van der Waals surface area contributed by atoms with Gasteiger partial charge in [-0.1, -0.05) is 12.1 Å². The minimum Gasteiger partial charge on any atom is -0.354 e. The fourth-order valence-corrected chi connectivity index (χ4v) is 3.20. The Labute approximate surface area is 165 Å². The number of carbonyl (C=O) groups is 1. The molecule has 2 N–H and O–H groups in total. The number of amides is 1. The van der Waals surface area contributed by atoms with Gasteiger partial charge in [0.1, 0.15) is 4.88 Å². The maximum Gasteiger partial charge on any atom is 0.416 e. The van der Waals surface area contributed by atoms with Crippen LogP contribution in [-0.2, 0) is 12.7 Å². The average molecular weight is 413 g/mol. The molecule has 28 heavy (non-hydrogen) atoms. The lowest BCUT2D eigenvalue weighted by Crippen LogP contribution is -2.42. The van der Waals surface area contributed by atoms with Crippen LogP contribution in [-0.4, -0.2) is 48.9 Å². The van der Waals surface area contributed by atoms with Crippen LogP contribution in [0.5, 0.6) is 0 Å². The first-order valence-electron chi connectivity index (χ1n) is 8.48. The Kier molecular flexibility index (Phi) is 7.38. The van der Waals surface area contributed by atoms with Gasteiger partial charge in [-0.25, -0.2) is 4.98 Å². The Balaban J connectivity index is 1.81. The van der Waals surface area contributed by atoms with E-state index >= 15 is 0 Å². The highest BCUT2D eigenvalue weighted by Gasteiger charge is 2.29. The molecule has 0 saturated heterocycles. The molecule has 0 aliphatic heterocycles. The molecule has 10 heteroatoms. The third-order valence-electron chi connectivity index (χ3n) is 3.92. The molecule has 0 spiro atoms. The van der Waals surface area contributed by atoms with E-state index in [9.17, 15) is 18.0 Å². The van der Waals surface area contributed by atoms with Crippen molar-refractivity contribution >= 4 is 23.2 Å². The highest BCUT2D eigenvalue weighted by atomic mass is 32.1. The smallest absolute Gasteiger partial charge is 0.354 e. The maximum atomic E-state index is 12.6. The second-order valence-corrected chi connectivity index (χ2v) is 6.90. The number of guanidine groups is 1. The number of halogens is 3. The van der Waals surface area contributed by atoms with Gasteiger partial charge in [0.2, 0.25) is 0 Å². The number of hydrogen-bond donors (Lipinski definition) is 2. The third-order valence-corrected chi connectivity index (χ3v) is 4.85. The van der Waals surface area contributed by atoms with Crippen molar-refractivity contribution < 1.29 is 18.0 Å². The SMILES string of the molecule is CN=C(NCCNC(=O)c1scnc1C)N(C)Cc1ccc(C(F)(F)F)cc1. The van der Waals surface area contributed by atoms with Gasteiger partial charge in [0.15, 0.2) is 5.96 Å². The fraction of sp³-hybridized carbons (Fsp3) is 0.389. The van der Waals surface area contributed by atoms with Crippen molar-refractivity contribution in [3.8, 4) is 0 Å². The number of alkyl halides is 3. The standard InChI is InChI=1S/C18H22F3N5OS/c1-12-15(28-11-25-12)16(27)23-8-9-24-17(22-2)26(3)10-13-4-6-14(7-5-13)18(19,20)21/h4-7,11H,8-10H2,1-3H3,(H,22,24)(H,23,27). The van der Waals surface area contributed by atoms with E-state index in [4.69, 9.17) is 0 Å². The van der Waals surface area contributed by atoms with Gasteiger partial charge in [-0.15, -0.1) is 11.3 Å². The van der Waals surface area contributed by atoms with E-state index in [1.165, 1.54) is 23.5 Å². The number of aliphatic imine (C=N–C) groups is 1. The van der Waals surface area contributed by atoms with Gasteiger partial charge in [-0.05, 0) is 24.6 Å². The molecule has 2 rings (SSSR count). The van der Waals surface area contributed by atoms with Crippen LogP contribution in [0.15, 0.2) is 34.8 Å². The fourth-order valence-electron chi connectivity index (χ4n) is 2.48. The van der Waals surface area contributed by atoms with E-state index in [2.05, 4.69) is 20.6 Å². The first-order chi connectivity index (χ1) is 13.2. The van der Waals surface area contributed by atoms with Crippen molar-refractivity contribution in [3.05, 3.63) is 51.5 Å².